The molecule has 0 radical (unpaired) electrons. The Hall–Kier alpha value is -1.15. The SMILES string of the molecule is C[C@H](OCC(F)(F)F)c1nc([C@@H]2CCOC2)no1. The smallest absolute Gasteiger partial charge is 0.381 e. The predicted molar refractivity (Wildman–Crippen MR) is 52.9 cm³/mol. The molecule has 0 N–H and O–H groups in total. The molecular weight excluding hydrogens is 253 g/mol. The van der Waals surface area contributed by atoms with Crippen LogP contribution in [0, 0.1) is 0 Å². The number of hydrogen-bond acceptors (Lipinski definition) is 5. The Morgan fingerprint density at radius 3 is 2.89 bits per heavy atom. The summed E-state index contributed by atoms with van der Waals surface area (Å²) in [6, 6.07) is 0. The van der Waals surface area contributed by atoms with E-state index in [0.29, 0.717) is 19.0 Å². The molecule has 1 saturated heterocycles. The summed E-state index contributed by atoms with van der Waals surface area (Å²) < 4.78 is 50.6. The summed E-state index contributed by atoms with van der Waals surface area (Å²) in [7, 11) is 0. The molecule has 2 rings (SSSR count). The van der Waals surface area contributed by atoms with E-state index in [0.717, 1.165) is 6.42 Å². The molecule has 0 saturated carbocycles. The van der Waals surface area contributed by atoms with E-state index < -0.39 is 18.9 Å². The van der Waals surface area contributed by atoms with Crippen molar-refractivity contribution in [1.29, 1.82) is 0 Å². The fourth-order valence-corrected chi connectivity index (χ4v) is 1.61. The fraction of sp³-hybridized carbons (Fsp3) is 0.800. The van der Waals surface area contributed by atoms with Gasteiger partial charge in [-0.05, 0) is 13.3 Å². The molecule has 0 aliphatic carbocycles. The highest BCUT2D eigenvalue weighted by atomic mass is 19.4. The minimum Gasteiger partial charge on any atom is -0.381 e. The van der Waals surface area contributed by atoms with E-state index in [1.165, 1.54) is 6.92 Å². The molecule has 5 nitrogen and oxygen atoms in total. The van der Waals surface area contributed by atoms with Gasteiger partial charge in [0.2, 0.25) is 0 Å². The maximum absolute atomic E-state index is 12.0. The average molecular weight is 266 g/mol. The quantitative estimate of drug-likeness (QED) is 0.836. The number of ether oxygens (including phenoxy) is 2. The van der Waals surface area contributed by atoms with Crippen LogP contribution in [0.3, 0.4) is 0 Å². The molecule has 0 unspecified atom stereocenters. The normalized spacial score (nSPS) is 22.3. The summed E-state index contributed by atoms with van der Waals surface area (Å²) in [4.78, 5) is 4.04. The van der Waals surface area contributed by atoms with E-state index in [-0.39, 0.29) is 11.8 Å². The van der Waals surface area contributed by atoms with Crippen molar-refractivity contribution in [3.63, 3.8) is 0 Å². The third-order valence-electron chi connectivity index (χ3n) is 2.60. The first-order chi connectivity index (χ1) is 8.46. The van der Waals surface area contributed by atoms with Crippen molar-refractivity contribution < 1.29 is 27.2 Å². The highest BCUT2D eigenvalue weighted by Gasteiger charge is 2.30. The minimum atomic E-state index is -4.36. The van der Waals surface area contributed by atoms with Gasteiger partial charge in [-0.1, -0.05) is 5.16 Å². The second-order valence-corrected chi connectivity index (χ2v) is 4.12. The van der Waals surface area contributed by atoms with Crippen LogP contribution in [0.15, 0.2) is 4.52 Å². The molecule has 1 aliphatic heterocycles. The molecular formula is C10H13F3N2O3. The number of hydrogen-bond donors (Lipinski definition) is 0. The van der Waals surface area contributed by atoms with Crippen LogP contribution in [0.1, 0.15) is 37.1 Å². The lowest BCUT2D eigenvalue weighted by atomic mass is 10.1. The third-order valence-corrected chi connectivity index (χ3v) is 2.60. The van der Waals surface area contributed by atoms with Crippen LogP contribution in [0.25, 0.3) is 0 Å². The van der Waals surface area contributed by atoms with Gasteiger partial charge in [0.25, 0.3) is 5.89 Å². The van der Waals surface area contributed by atoms with Crippen LogP contribution in [0.2, 0.25) is 0 Å². The lowest BCUT2D eigenvalue weighted by Crippen LogP contribution is -2.18. The summed E-state index contributed by atoms with van der Waals surface area (Å²) in [5.74, 6) is 0.573. The number of rotatable bonds is 4. The van der Waals surface area contributed by atoms with Crippen molar-refractivity contribution in [2.75, 3.05) is 19.8 Å². The minimum absolute atomic E-state index is 0.0531. The van der Waals surface area contributed by atoms with Crippen LogP contribution in [0.4, 0.5) is 13.2 Å². The van der Waals surface area contributed by atoms with Crippen LogP contribution < -0.4 is 0 Å². The van der Waals surface area contributed by atoms with Gasteiger partial charge < -0.3 is 14.0 Å². The third kappa shape index (κ3) is 3.42. The van der Waals surface area contributed by atoms with E-state index >= 15 is 0 Å². The average Bonchev–Trinajstić information content (AvgIpc) is 2.94. The van der Waals surface area contributed by atoms with Gasteiger partial charge in [0.05, 0.1) is 6.61 Å². The number of nitrogens with zero attached hydrogens (tertiary/aromatic N) is 2. The summed E-state index contributed by atoms with van der Waals surface area (Å²) in [6.07, 6.45) is -4.46. The van der Waals surface area contributed by atoms with Gasteiger partial charge in [0.15, 0.2) is 5.82 Å². The molecule has 0 amide bonds. The topological polar surface area (TPSA) is 57.4 Å². The lowest BCUT2D eigenvalue weighted by molar-refractivity contribution is -0.186. The molecule has 0 aromatic carbocycles. The molecule has 18 heavy (non-hydrogen) atoms. The van der Waals surface area contributed by atoms with Crippen molar-refractivity contribution in [3.05, 3.63) is 11.7 Å². The first kappa shape index (κ1) is 13.3. The second kappa shape index (κ2) is 5.23. The van der Waals surface area contributed by atoms with Crippen molar-refractivity contribution >= 4 is 0 Å². The van der Waals surface area contributed by atoms with Gasteiger partial charge in [-0.25, -0.2) is 0 Å². The maximum atomic E-state index is 12.0. The van der Waals surface area contributed by atoms with Crippen LogP contribution in [-0.2, 0) is 9.47 Å². The van der Waals surface area contributed by atoms with Crippen LogP contribution >= 0.6 is 0 Å². The zero-order valence-electron chi connectivity index (χ0n) is 9.74. The van der Waals surface area contributed by atoms with Gasteiger partial charge in [-0.2, -0.15) is 18.2 Å². The van der Waals surface area contributed by atoms with Crippen molar-refractivity contribution in [2.45, 2.75) is 31.5 Å². The Kier molecular flexibility index (Phi) is 3.86. The van der Waals surface area contributed by atoms with E-state index in [2.05, 4.69) is 14.9 Å². The summed E-state index contributed by atoms with van der Waals surface area (Å²) in [5, 5.41) is 3.74. The molecule has 2 heterocycles. The van der Waals surface area contributed by atoms with Crippen molar-refractivity contribution in [3.8, 4) is 0 Å². The molecule has 1 aromatic heterocycles. The highest BCUT2D eigenvalue weighted by molar-refractivity contribution is 4.98. The Morgan fingerprint density at radius 1 is 1.50 bits per heavy atom. The van der Waals surface area contributed by atoms with Gasteiger partial charge in [-0.15, -0.1) is 0 Å². The van der Waals surface area contributed by atoms with Crippen LogP contribution in [0.5, 0.6) is 0 Å². The number of aromatic nitrogens is 2. The molecule has 8 heteroatoms. The zero-order chi connectivity index (χ0) is 13.2. The van der Waals surface area contributed by atoms with Crippen molar-refractivity contribution in [2.24, 2.45) is 0 Å². The maximum Gasteiger partial charge on any atom is 0.411 e. The summed E-state index contributed by atoms with van der Waals surface area (Å²) in [6.45, 7) is 1.25. The summed E-state index contributed by atoms with van der Waals surface area (Å²) in [5.41, 5.74) is 0. The second-order valence-electron chi connectivity index (χ2n) is 4.12. The van der Waals surface area contributed by atoms with Gasteiger partial charge in [0.1, 0.15) is 12.7 Å². The van der Waals surface area contributed by atoms with E-state index in [1.807, 2.05) is 0 Å². The monoisotopic (exact) mass is 266 g/mol. The highest BCUT2D eigenvalue weighted by Crippen LogP contribution is 2.25. The Labute approximate surface area is 101 Å². The van der Waals surface area contributed by atoms with Gasteiger partial charge >= 0.3 is 6.18 Å². The molecule has 2 atom stereocenters. The molecule has 1 fully saturated rings. The largest absolute Gasteiger partial charge is 0.411 e. The number of halogens is 3. The predicted octanol–water partition coefficient (Wildman–Crippen LogP) is 2.21. The summed E-state index contributed by atoms with van der Waals surface area (Å²) >= 11 is 0. The Balaban J connectivity index is 1.92. The molecule has 1 aliphatic rings. The van der Waals surface area contributed by atoms with E-state index in [1.54, 1.807) is 0 Å². The van der Waals surface area contributed by atoms with E-state index in [9.17, 15) is 13.2 Å². The number of alkyl halides is 3. The van der Waals surface area contributed by atoms with E-state index in [4.69, 9.17) is 9.26 Å². The first-order valence-electron chi connectivity index (χ1n) is 5.55. The van der Waals surface area contributed by atoms with Crippen LogP contribution in [-0.4, -0.2) is 36.1 Å². The Bertz CT molecular complexity index is 388. The molecule has 1 aromatic rings. The molecule has 102 valence electrons. The fourth-order valence-electron chi connectivity index (χ4n) is 1.61. The molecule has 0 bridgehead atoms. The molecule has 0 spiro atoms. The lowest BCUT2D eigenvalue weighted by Gasteiger charge is -2.10. The zero-order valence-corrected chi connectivity index (χ0v) is 9.74. The first-order valence-corrected chi connectivity index (χ1v) is 5.55. The standard InChI is InChI=1S/C10H13F3N2O3/c1-6(17-5-10(11,12)13)9-14-8(15-18-9)7-2-3-16-4-7/h6-7H,2-5H2,1H3/t6-,7+/m0/s1. The Morgan fingerprint density at radius 2 is 2.28 bits per heavy atom. The van der Waals surface area contributed by atoms with Gasteiger partial charge in [-0.3, -0.25) is 0 Å². The van der Waals surface area contributed by atoms with Crippen molar-refractivity contribution in [1.82, 2.24) is 10.1 Å². The van der Waals surface area contributed by atoms with Gasteiger partial charge in [0, 0.05) is 12.5 Å².